The second-order valence-electron chi connectivity index (χ2n) is 4.26. The Hall–Kier alpha value is -1.73. The molecule has 0 aliphatic carbocycles. The van der Waals surface area contributed by atoms with Crippen molar-refractivity contribution in [1.82, 2.24) is 14.9 Å². The summed E-state index contributed by atoms with van der Waals surface area (Å²) in [6, 6.07) is 3.60. The number of halogens is 1. The lowest BCUT2D eigenvalue weighted by molar-refractivity contribution is 0.311. The first-order valence-electron chi connectivity index (χ1n) is 6.61. The van der Waals surface area contributed by atoms with Crippen molar-refractivity contribution in [3.63, 3.8) is 0 Å². The van der Waals surface area contributed by atoms with E-state index >= 15 is 0 Å². The number of thioether (sulfide) groups is 1. The molecule has 0 amide bonds. The molecule has 0 saturated carbocycles. The average molecular weight is 341 g/mol. The molecule has 0 aliphatic rings. The summed E-state index contributed by atoms with van der Waals surface area (Å²) < 4.78 is 12.5. The summed E-state index contributed by atoms with van der Waals surface area (Å²) in [5.41, 5.74) is 0.800. The van der Waals surface area contributed by atoms with Crippen LogP contribution in [0.3, 0.4) is 0 Å². The van der Waals surface area contributed by atoms with Gasteiger partial charge in [0.25, 0.3) is 0 Å². The van der Waals surface area contributed by atoms with Crippen LogP contribution in [0.2, 0.25) is 5.02 Å². The zero-order valence-electron chi connectivity index (χ0n) is 12.8. The minimum atomic E-state index is 0.473. The fourth-order valence-corrected chi connectivity index (χ4v) is 2.62. The van der Waals surface area contributed by atoms with E-state index in [1.807, 2.05) is 26.2 Å². The highest BCUT2D eigenvalue weighted by Crippen LogP contribution is 2.35. The van der Waals surface area contributed by atoms with E-state index in [0.29, 0.717) is 29.0 Å². The minimum Gasteiger partial charge on any atom is -0.491 e. The van der Waals surface area contributed by atoms with E-state index in [1.165, 1.54) is 11.8 Å². The van der Waals surface area contributed by atoms with Crippen LogP contribution in [0, 0.1) is 6.92 Å². The van der Waals surface area contributed by atoms with E-state index in [2.05, 4.69) is 15.3 Å². The molecule has 0 fully saturated rings. The number of benzene rings is 1. The predicted octanol–water partition coefficient (Wildman–Crippen LogP) is 3.25. The van der Waals surface area contributed by atoms with Gasteiger partial charge in [-0.25, -0.2) is 0 Å². The molecule has 0 radical (unpaired) electrons. The summed E-state index contributed by atoms with van der Waals surface area (Å²) in [5, 5.41) is 13.6. The third-order valence-corrected chi connectivity index (χ3v) is 3.71. The summed E-state index contributed by atoms with van der Waals surface area (Å²) in [4.78, 5) is 0. The van der Waals surface area contributed by atoms with Gasteiger partial charge in [0.05, 0.1) is 25.0 Å². The van der Waals surface area contributed by atoms with Gasteiger partial charge in [-0.2, -0.15) is 9.78 Å². The van der Waals surface area contributed by atoms with Crippen LogP contribution in [0.15, 0.2) is 22.4 Å². The lowest BCUT2D eigenvalue weighted by atomic mass is 10.2. The Bertz CT molecular complexity index is 688. The topological polar surface area (TPSA) is 61.5 Å². The maximum Gasteiger partial charge on any atom is 0.211 e. The molecule has 1 aromatic heterocycles. The molecule has 0 spiro atoms. The molecule has 0 saturated heterocycles. The van der Waals surface area contributed by atoms with Crippen LogP contribution in [0.1, 0.15) is 18.3 Å². The van der Waals surface area contributed by atoms with Gasteiger partial charge < -0.3 is 9.47 Å². The van der Waals surface area contributed by atoms with Crippen molar-refractivity contribution < 1.29 is 9.47 Å². The van der Waals surface area contributed by atoms with Gasteiger partial charge in [0.2, 0.25) is 5.16 Å². The van der Waals surface area contributed by atoms with E-state index in [9.17, 15) is 0 Å². The standard InChI is InChI=1S/C14H17ClN4O2S/c1-5-21-12-7-10(6-11(15)13(12)20-3)8-16-19-9(2)17-18-14(19)22-4/h6-8H,5H2,1-4H3/b16-8-. The third-order valence-electron chi connectivity index (χ3n) is 2.81. The molecule has 8 heteroatoms. The second kappa shape index (κ2) is 7.51. The summed E-state index contributed by atoms with van der Waals surface area (Å²) in [5.74, 6) is 1.82. The van der Waals surface area contributed by atoms with Gasteiger partial charge in [-0.05, 0) is 37.8 Å². The summed E-state index contributed by atoms with van der Waals surface area (Å²) in [7, 11) is 1.56. The number of aromatic nitrogens is 3. The zero-order chi connectivity index (χ0) is 16.1. The number of aryl methyl sites for hydroxylation is 1. The molecule has 2 rings (SSSR count). The number of methoxy groups -OCH3 is 1. The second-order valence-corrected chi connectivity index (χ2v) is 5.44. The maximum atomic E-state index is 6.22. The van der Waals surface area contributed by atoms with Gasteiger partial charge in [-0.1, -0.05) is 23.4 Å². The Labute approximate surface area is 138 Å². The van der Waals surface area contributed by atoms with Crippen molar-refractivity contribution in [3.05, 3.63) is 28.5 Å². The fraction of sp³-hybridized carbons (Fsp3) is 0.357. The lowest BCUT2D eigenvalue weighted by Gasteiger charge is -2.11. The molecular formula is C14H17ClN4O2S. The van der Waals surface area contributed by atoms with Crippen LogP contribution >= 0.6 is 23.4 Å². The molecule has 0 atom stereocenters. The Kier molecular flexibility index (Phi) is 5.68. The minimum absolute atomic E-state index is 0.473. The Morgan fingerprint density at radius 2 is 2.18 bits per heavy atom. The number of hydrogen-bond acceptors (Lipinski definition) is 6. The van der Waals surface area contributed by atoms with Crippen LogP contribution < -0.4 is 9.47 Å². The molecule has 0 N–H and O–H groups in total. The monoisotopic (exact) mass is 340 g/mol. The van der Waals surface area contributed by atoms with E-state index in [4.69, 9.17) is 21.1 Å². The fourth-order valence-electron chi connectivity index (χ4n) is 1.85. The van der Waals surface area contributed by atoms with Gasteiger partial charge in [0.1, 0.15) is 0 Å². The van der Waals surface area contributed by atoms with Crippen molar-refractivity contribution in [2.24, 2.45) is 5.10 Å². The maximum absolute atomic E-state index is 6.22. The summed E-state index contributed by atoms with van der Waals surface area (Å²) >= 11 is 7.70. The molecule has 2 aromatic rings. The van der Waals surface area contributed by atoms with Gasteiger partial charge in [0.15, 0.2) is 17.3 Å². The quantitative estimate of drug-likeness (QED) is 0.596. The summed E-state index contributed by atoms with van der Waals surface area (Å²) in [6.07, 6.45) is 3.61. The van der Waals surface area contributed by atoms with E-state index in [1.54, 1.807) is 24.1 Å². The number of nitrogens with zero attached hydrogens (tertiary/aromatic N) is 4. The lowest BCUT2D eigenvalue weighted by Crippen LogP contribution is -1.99. The number of hydrogen-bond donors (Lipinski definition) is 0. The average Bonchev–Trinajstić information content (AvgIpc) is 2.85. The predicted molar refractivity (Wildman–Crippen MR) is 88.7 cm³/mol. The highest BCUT2D eigenvalue weighted by molar-refractivity contribution is 7.98. The van der Waals surface area contributed by atoms with Gasteiger partial charge >= 0.3 is 0 Å². The summed E-state index contributed by atoms with van der Waals surface area (Å²) in [6.45, 7) is 4.27. The van der Waals surface area contributed by atoms with Gasteiger partial charge in [-0.3, -0.25) is 0 Å². The van der Waals surface area contributed by atoms with E-state index < -0.39 is 0 Å². The molecule has 1 aromatic carbocycles. The van der Waals surface area contributed by atoms with Crippen molar-refractivity contribution in [2.45, 2.75) is 19.0 Å². The molecule has 118 valence electrons. The molecule has 22 heavy (non-hydrogen) atoms. The first-order valence-corrected chi connectivity index (χ1v) is 8.21. The van der Waals surface area contributed by atoms with Crippen LogP contribution in [0.4, 0.5) is 0 Å². The molecular weight excluding hydrogens is 324 g/mol. The Balaban J connectivity index is 2.37. The smallest absolute Gasteiger partial charge is 0.211 e. The molecule has 1 heterocycles. The Morgan fingerprint density at radius 1 is 1.41 bits per heavy atom. The molecule has 0 unspecified atom stereocenters. The Morgan fingerprint density at radius 3 is 2.82 bits per heavy atom. The highest BCUT2D eigenvalue weighted by Gasteiger charge is 2.11. The molecule has 0 aliphatic heterocycles. The first kappa shape index (κ1) is 16.6. The number of rotatable bonds is 6. The number of ether oxygens (including phenoxy) is 2. The van der Waals surface area contributed by atoms with Gasteiger partial charge in [0, 0.05) is 0 Å². The van der Waals surface area contributed by atoms with Crippen LogP contribution in [0.25, 0.3) is 0 Å². The van der Waals surface area contributed by atoms with Crippen LogP contribution in [-0.2, 0) is 0 Å². The van der Waals surface area contributed by atoms with Crippen LogP contribution in [-0.4, -0.2) is 41.1 Å². The van der Waals surface area contributed by atoms with E-state index in [0.717, 1.165) is 10.7 Å². The zero-order valence-corrected chi connectivity index (χ0v) is 14.4. The molecule has 6 nitrogen and oxygen atoms in total. The normalized spacial score (nSPS) is 11.1. The first-order chi connectivity index (χ1) is 10.6. The van der Waals surface area contributed by atoms with Crippen molar-refractivity contribution in [3.8, 4) is 11.5 Å². The van der Waals surface area contributed by atoms with Crippen LogP contribution in [0.5, 0.6) is 11.5 Å². The van der Waals surface area contributed by atoms with Crippen molar-refractivity contribution in [2.75, 3.05) is 20.0 Å². The highest BCUT2D eigenvalue weighted by atomic mass is 35.5. The molecule has 0 bridgehead atoms. The van der Waals surface area contributed by atoms with Crippen molar-refractivity contribution in [1.29, 1.82) is 0 Å². The SMILES string of the molecule is CCOc1cc(/C=N\n2c(C)nnc2SC)cc(Cl)c1OC. The van der Waals surface area contributed by atoms with Crippen molar-refractivity contribution >= 4 is 29.6 Å². The largest absolute Gasteiger partial charge is 0.491 e. The van der Waals surface area contributed by atoms with Gasteiger partial charge in [-0.15, -0.1) is 10.2 Å². The van der Waals surface area contributed by atoms with E-state index in [-0.39, 0.29) is 0 Å². The third kappa shape index (κ3) is 3.53.